The van der Waals surface area contributed by atoms with Gasteiger partial charge >= 0.3 is 0 Å². The first kappa shape index (κ1) is 25.4. The minimum absolute atomic E-state index is 0.543. The molecule has 0 aliphatic heterocycles. The molecule has 6 atom stereocenters. The second kappa shape index (κ2) is 10.8. The Labute approximate surface area is 199 Å². The lowest BCUT2D eigenvalue weighted by Gasteiger charge is -2.43. The average Bonchev–Trinajstić information content (AvgIpc) is 2.75. The van der Waals surface area contributed by atoms with Gasteiger partial charge in [0.1, 0.15) is 0 Å². The Bertz CT molecular complexity index is 569. The van der Waals surface area contributed by atoms with E-state index in [1.54, 1.807) is 15.8 Å². The van der Waals surface area contributed by atoms with Crippen molar-refractivity contribution >= 4 is 14.1 Å². The van der Waals surface area contributed by atoms with Crippen molar-refractivity contribution in [2.24, 2.45) is 34.0 Å². The van der Waals surface area contributed by atoms with Gasteiger partial charge in [0, 0.05) is 0 Å². The summed E-state index contributed by atoms with van der Waals surface area (Å²) in [5.74, 6) is 2.64. The predicted molar refractivity (Wildman–Crippen MR) is 141 cm³/mol. The fourth-order valence-electron chi connectivity index (χ4n) is 6.94. The van der Waals surface area contributed by atoms with Crippen molar-refractivity contribution in [2.75, 3.05) is 0 Å². The highest BCUT2D eigenvalue weighted by Crippen LogP contribution is 2.48. The van der Waals surface area contributed by atoms with Crippen LogP contribution >= 0.6 is 0 Å². The molecule has 0 saturated carbocycles. The molecule has 0 nitrogen and oxygen atoms in total. The summed E-state index contributed by atoms with van der Waals surface area (Å²) >= 11 is -0.824. The quantitative estimate of drug-likeness (QED) is 0.248. The first-order chi connectivity index (χ1) is 14.7. The van der Waals surface area contributed by atoms with Crippen molar-refractivity contribution < 1.29 is 0 Å². The topological polar surface area (TPSA) is 0 Å². The van der Waals surface area contributed by atoms with E-state index in [0.717, 1.165) is 17.8 Å². The predicted octanol–water partition coefficient (Wildman–Crippen LogP) is 9.63. The van der Waals surface area contributed by atoms with Crippen LogP contribution in [0, 0.1) is 34.0 Å². The van der Waals surface area contributed by atoms with E-state index in [1.807, 2.05) is 0 Å². The van der Waals surface area contributed by atoms with Gasteiger partial charge in [-0.1, -0.05) is 112 Å². The van der Waals surface area contributed by atoms with Gasteiger partial charge in [-0.2, -0.15) is 0 Å². The van der Waals surface area contributed by atoms with Gasteiger partial charge in [-0.3, -0.25) is 0 Å². The van der Waals surface area contributed by atoms with Crippen molar-refractivity contribution in [3.8, 4) is 0 Å². The van der Waals surface area contributed by atoms with Crippen LogP contribution in [0.2, 0.25) is 15.8 Å². The number of rotatable bonds is 9. The van der Waals surface area contributed by atoms with Crippen LogP contribution in [-0.2, 0) is 0 Å². The van der Waals surface area contributed by atoms with Crippen LogP contribution in [-0.4, -0.2) is 14.1 Å². The van der Waals surface area contributed by atoms with E-state index in [9.17, 15) is 0 Å². The van der Waals surface area contributed by atoms with E-state index in [1.165, 1.54) is 57.8 Å². The fraction of sp³-hybridized carbons (Fsp3) is 0.800. The zero-order valence-corrected chi connectivity index (χ0v) is 22.9. The Kier molecular flexibility index (Phi) is 8.83. The molecule has 0 amide bonds. The van der Waals surface area contributed by atoms with Gasteiger partial charge in [-0.25, -0.2) is 0 Å². The summed E-state index contributed by atoms with van der Waals surface area (Å²) < 4.78 is 0. The summed E-state index contributed by atoms with van der Waals surface area (Å²) in [6.45, 7) is 15.6. The maximum absolute atomic E-state index is 2.62. The van der Waals surface area contributed by atoms with Crippen LogP contribution in [0.25, 0.3) is 0 Å². The molecule has 0 bridgehead atoms. The fourth-order valence-corrected chi connectivity index (χ4v) is 12.2. The summed E-state index contributed by atoms with van der Waals surface area (Å²) in [7, 11) is 0. The molecule has 3 aliphatic rings. The third kappa shape index (κ3) is 6.42. The molecule has 3 rings (SSSR count). The summed E-state index contributed by atoms with van der Waals surface area (Å²) in [4.78, 5) is 0. The first-order valence-corrected chi connectivity index (χ1v) is 16.1. The summed E-state index contributed by atoms with van der Waals surface area (Å²) in [5, 5.41) is 4.70. The maximum atomic E-state index is 2.62. The zero-order valence-electron chi connectivity index (χ0n) is 21.8. The number of hydrogen-bond acceptors (Lipinski definition) is 0. The lowest BCUT2D eigenvalue weighted by molar-refractivity contribution is 0.181. The van der Waals surface area contributed by atoms with Crippen molar-refractivity contribution in [3.63, 3.8) is 0 Å². The van der Waals surface area contributed by atoms with E-state index in [0.29, 0.717) is 16.2 Å². The molecule has 174 valence electrons. The Morgan fingerprint density at radius 2 is 0.839 bits per heavy atom. The second-order valence-corrected chi connectivity index (χ2v) is 16.0. The van der Waals surface area contributed by atoms with E-state index in [4.69, 9.17) is 0 Å². The summed E-state index contributed by atoms with van der Waals surface area (Å²) in [5.41, 5.74) is 1.63. The molecule has 6 unspecified atom stereocenters. The van der Waals surface area contributed by atoms with Crippen LogP contribution in [0.1, 0.15) is 99.3 Å². The third-order valence-electron chi connectivity index (χ3n) is 10.5. The largest absolute Gasteiger partial charge is 0.262 e. The van der Waals surface area contributed by atoms with Gasteiger partial charge in [0.2, 0.25) is 0 Å². The van der Waals surface area contributed by atoms with E-state index < -0.39 is 14.1 Å². The Hall–Kier alpha value is -0.248. The van der Waals surface area contributed by atoms with Crippen LogP contribution in [0.4, 0.5) is 0 Å². The SMILES string of the molecule is CC([CH2][Al]([CH2]C(C)C1(C)CC=CCC1)[CH2]C(C)C1(C)CC=CCC1)C1(C)CC=CCC1. The molecule has 1 heteroatoms. The van der Waals surface area contributed by atoms with E-state index in [-0.39, 0.29) is 0 Å². The second-order valence-electron chi connectivity index (χ2n) is 12.9. The molecular formula is C30H51Al. The van der Waals surface area contributed by atoms with Crippen molar-refractivity contribution in [1.82, 2.24) is 0 Å². The molecule has 0 fully saturated rings. The molecule has 0 heterocycles. The highest BCUT2D eigenvalue weighted by molar-refractivity contribution is 6.59. The van der Waals surface area contributed by atoms with Crippen molar-refractivity contribution in [2.45, 2.75) is 115 Å². The standard InChI is InChI=1S/3C10H17.Al/c3*1-9(2)10(3)7-5-4-6-8-10;/h3*4-5,9H,1,6-8H2,2-3H3;. The molecule has 31 heavy (non-hydrogen) atoms. The smallest absolute Gasteiger partial charge is 0.0907 e. The summed E-state index contributed by atoms with van der Waals surface area (Å²) in [6.07, 6.45) is 26.7. The zero-order chi connectivity index (χ0) is 22.5. The van der Waals surface area contributed by atoms with Crippen molar-refractivity contribution in [1.29, 1.82) is 0 Å². The molecule has 3 aliphatic carbocycles. The van der Waals surface area contributed by atoms with Gasteiger partial charge in [-0.15, -0.1) is 0 Å². The lowest BCUT2D eigenvalue weighted by atomic mass is 9.70. The third-order valence-corrected chi connectivity index (χ3v) is 14.6. The molecular weight excluding hydrogens is 387 g/mol. The number of allylic oxidation sites excluding steroid dienone is 6. The van der Waals surface area contributed by atoms with Crippen LogP contribution in [0.3, 0.4) is 0 Å². The Morgan fingerprint density at radius 3 is 1.06 bits per heavy atom. The van der Waals surface area contributed by atoms with Crippen LogP contribution in [0.5, 0.6) is 0 Å². The maximum Gasteiger partial charge on any atom is 0.262 e. The molecule has 0 radical (unpaired) electrons. The van der Waals surface area contributed by atoms with E-state index in [2.05, 4.69) is 78.0 Å². The minimum atomic E-state index is -0.824. The molecule has 0 aromatic heterocycles. The molecule has 0 saturated heterocycles. The number of hydrogen-bond donors (Lipinski definition) is 0. The Morgan fingerprint density at radius 1 is 0.548 bits per heavy atom. The molecule has 0 spiro atoms. The van der Waals surface area contributed by atoms with Crippen LogP contribution in [0.15, 0.2) is 36.5 Å². The van der Waals surface area contributed by atoms with Crippen molar-refractivity contribution in [3.05, 3.63) is 36.5 Å². The van der Waals surface area contributed by atoms with Gasteiger partial charge in [-0.05, 0) is 74.0 Å². The Balaban J connectivity index is 1.71. The highest BCUT2D eigenvalue weighted by Gasteiger charge is 2.40. The highest BCUT2D eigenvalue weighted by atomic mass is 27.2. The van der Waals surface area contributed by atoms with Gasteiger partial charge in [0.25, 0.3) is 14.1 Å². The molecule has 0 aromatic carbocycles. The average molecular weight is 439 g/mol. The first-order valence-electron chi connectivity index (χ1n) is 13.6. The van der Waals surface area contributed by atoms with Gasteiger partial charge in [0.15, 0.2) is 0 Å². The van der Waals surface area contributed by atoms with Gasteiger partial charge < -0.3 is 0 Å². The summed E-state index contributed by atoms with van der Waals surface area (Å²) in [6, 6.07) is 0. The van der Waals surface area contributed by atoms with E-state index >= 15 is 0 Å². The molecule has 0 N–H and O–H groups in total. The normalized spacial score (nSPS) is 36.2. The van der Waals surface area contributed by atoms with Gasteiger partial charge in [0.05, 0.1) is 0 Å². The minimum Gasteiger partial charge on any atom is -0.0907 e. The lowest BCUT2D eigenvalue weighted by Crippen LogP contribution is -2.37. The molecule has 0 aromatic rings. The monoisotopic (exact) mass is 438 g/mol. The van der Waals surface area contributed by atoms with Crippen LogP contribution < -0.4 is 0 Å².